The highest BCUT2D eigenvalue weighted by atomic mass is 32.1. The smallest absolute Gasteiger partial charge is 0.323 e. The van der Waals surface area contributed by atoms with Gasteiger partial charge >= 0.3 is 12.0 Å². The van der Waals surface area contributed by atoms with Crippen LogP contribution in [-0.2, 0) is 4.79 Å². The predicted octanol–water partition coefficient (Wildman–Crippen LogP) is 2.98. The Labute approximate surface area is 128 Å². The number of aliphatic carboxylic acids is 1. The summed E-state index contributed by atoms with van der Waals surface area (Å²) in [4.78, 5) is 29.3. The zero-order valence-electron chi connectivity index (χ0n) is 12.5. The van der Waals surface area contributed by atoms with Gasteiger partial charge in [0.25, 0.3) is 0 Å². The Balaban J connectivity index is 1.95. The minimum atomic E-state index is -0.775. The van der Waals surface area contributed by atoms with E-state index < -0.39 is 5.97 Å². The van der Waals surface area contributed by atoms with Gasteiger partial charge in [0.15, 0.2) is 5.13 Å². The Morgan fingerprint density at radius 2 is 2.24 bits per heavy atom. The van der Waals surface area contributed by atoms with E-state index in [1.54, 1.807) is 4.90 Å². The number of carbonyl (C=O) groups is 2. The van der Waals surface area contributed by atoms with Crippen molar-refractivity contribution in [1.82, 2.24) is 9.88 Å². The Morgan fingerprint density at radius 1 is 1.52 bits per heavy atom. The van der Waals surface area contributed by atoms with E-state index in [1.165, 1.54) is 11.3 Å². The van der Waals surface area contributed by atoms with Gasteiger partial charge in [0, 0.05) is 18.0 Å². The normalized spacial score (nSPS) is 22.4. The fourth-order valence-electron chi connectivity index (χ4n) is 2.47. The maximum absolute atomic E-state index is 12.3. The van der Waals surface area contributed by atoms with Crippen LogP contribution in [0.5, 0.6) is 0 Å². The Kier molecular flexibility index (Phi) is 4.82. The van der Waals surface area contributed by atoms with Gasteiger partial charge in [-0.05, 0) is 25.7 Å². The number of carboxylic acids is 1. The van der Waals surface area contributed by atoms with Crippen molar-refractivity contribution in [2.75, 3.05) is 11.9 Å². The molecule has 1 aromatic heterocycles. The van der Waals surface area contributed by atoms with Gasteiger partial charge in [0.2, 0.25) is 0 Å². The molecule has 1 aliphatic heterocycles. The average Bonchev–Trinajstić information content (AvgIpc) is 2.87. The van der Waals surface area contributed by atoms with Crippen molar-refractivity contribution in [3.63, 3.8) is 0 Å². The van der Waals surface area contributed by atoms with Gasteiger partial charge in [-0.3, -0.25) is 10.1 Å². The first kappa shape index (κ1) is 15.8. The molecule has 21 heavy (non-hydrogen) atoms. The van der Waals surface area contributed by atoms with Crippen LogP contribution in [0.3, 0.4) is 0 Å². The third kappa shape index (κ3) is 3.72. The molecule has 0 radical (unpaired) electrons. The highest BCUT2D eigenvalue weighted by molar-refractivity contribution is 7.13. The zero-order chi connectivity index (χ0) is 15.6. The van der Waals surface area contributed by atoms with Gasteiger partial charge in [-0.15, -0.1) is 11.3 Å². The number of nitrogens with zero attached hydrogens (tertiary/aromatic N) is 2. The van der Waals surface area contributed by atoms with Crippen LogP contribution in [0.25, 0.3) is 0 Å². The Bertz CT molecular complexity index is 529. The van der Waals surface area contributed by atoms with Crippen LogP contribution in [0.15, 0.2) is 5.38 Å². The lowest BCUT2D eigenvalue weighted by atomic mass is 9.92. The molecular weight excluding hydrogens is 290 g/mol. The summed E-state index contributed by atoms with van der Waals surface area (Å²) in [6, 6.07) is -0.277. The number of rotatable bonds is 3. The number of hydrogen-bond donors (Lipinski definition) is 2. The molecule has 2 rings (SSSR count). The molecule has 2 unspecified atom stereocenters. The van der Waals surface area contributed by atoms with Crippen LogP contribution in [0, 0.1) is 5.92 Å². The molecule has 2 amide bonds. The summed E-state index contributed by atoms with van der Waals surface area (Å²) >= 11 is 1.41. The SMILES string of the molecule is CC(C)c1csc(NC(=O)N2CCC(C(=O)O)CC2C)n1. The van der Waals surface area contributed by atoms with E-state index in [2.05, 4.69) is 24.1 Å². The molecule has 0 bridgehead atoms. The standard InChI is InChI=1S/C14H21N3O3S/c1-8(2)11-7-21-13(15-11)16-14(20)17-5-4-10(12(18)19)6-9(17)3/h7-10H,4-6H2,1-3H3,(H,18,19)(H,15,16,20). The maximum Gasteiger partial charge on any atom is 0.323 e. The highest BCUT2D eigenvalue weighted by Crippen LogP contribution is 2.25. The third-order valence-electron chi connectivity index (χ3n) is 3.81. The van der Waals surface area contributed by atoms with Gasteiger partial charge in [-0.25, -0.2) is 9.78 Å². The summed E-state index contributed by atoms with van der Waals surface area (Å²) in [5.41, 5.74) is 0.966. The van der Waals surface area contributed by atoms with Crippen LogP contribution < -0.4 is 5.32 Å². The molecule has 0 aromatic carbocycles. The number of carboxylic acid groups (broad SMARTS) is 1. The van der Waals surface area contributed by atoms with E-state index in [1.807, 2.05) is 12.3 Å². The molecule has 6 nitrogen and oxygen atoms in total. The summed E-state index contributed by atoms with van der Waals surface area (Å²) in [6.45, 7) is 6.46. The van der Waals surface area contributed by atoms with Crippen molar-refractivity contribution < 1.29 is 14.7 Å². The molecule has 116 valence electrons. The maximum atomic E-state index is 12.3. The number of amides is 2. The average molecular weight is 311 g/mol. The van der Waals surface area contributed by atoms with Gasteiger partial charge < -0.3 is 10.0 Å². The van der Waals surface area contributed by atoms with Crippen LogP contribution in [0.1, 0.15) is 45.2 Å². The van der Waals surface area contributed by atoms with Crippen molar-refractivity contribution in [3.05, 3.63) is 11.1 Å². The highest BCUT2D eigenvalue weighted by Gasteiger charge is 2.32. The number of urea groups is 1. The van der Waals surface area contributed by atoms with Crippen LogP contribution in [0.4, 0.5) is 9.93 Å². The Morgan fingerprint density at radius 3 is 2.76 bits per heavy atom. The number of aromatic nitrogens is 1. The molecule has 1 aliphatic rings. The second-order valence-electron chi connectivity index (χ2n) is 5.76. The summed E-state index contributed by atoms with van der Waals surface area (Å²) in [5, 5.41) is 14.4. The number of hydrogen-bond acceptors (Lipinski definition) is 4. The third-order valence-corrected chi connectivity index (χ3v) is 4.59. The first-order valence-corrected chi connectivity index (χ1v) is 8.02. The minimum absolute atomic E-state index is 0.0793. The van der Waals surface area contributed by atoms with E-state index in [0.29, 0.717) is 30.4 Å². The van der Waals surface area contributed by atoms with E-state index in [-0.39, 0.29) is 18.0 Å². The second-order valence-corrected chi connectivity index (χ2v) is 6.62. The number of piperidine rings is 1. The lowest BCUT2D eigenvalue weighted by Gasteiger charge is -2.35. The quantitative estimate of drug-likeness (QED) is 0.899. The van der Waals surface area contributed by atoms with Gasteiger partial charge in [0.05, 0.1) is 11.6 Å². The van der Waals surface area contributed by atoms with Gasteiger partial charge in [-0.2, -0.15) is 0 Å². The molecule has 2 N–H and O–H groups in total. The number of carbonyl (C=O) groups excluding carboxylic acids is 1. The monoisotopic (exact) mass is 311 g/mol. The lowest BCUT2D eigenvalue weighted by molar-refractivity contribution is -0.143. The van der Waals surface area contributed by atoms with Crippen LogP contribution >= 0.6 is 11.3 Å². The molecule has 0 spiro atoms. The molecule has 0 aliphatic carbocycles. The number of thiazole rings is 1. The molecule has 7 heteroatoms. The molecular formula is C14H21N3O3S. The first-order chi connectivity index (χ1) is 9.88. The topological polar surface area (TPSA) is 82.5 Å². The fraction of sp³-hybridized carbons (Fsp3) is 0.643. The number of anilines is 1. The minimum Gasteiger partial charge on any atom is -0.481 e. The van der Waals surface area contributed by atoms with Crippen LogP contribution in [-0.4, -0.2) is 39.6 Å². The van der Waals surface area contributed by atoms with Crippen molar-refractivity contribution in [2.24, 2.45) is 5.92 Å². The Hall–Kier alpha value is -1.63. The van der Waals surface area contributed by atoms with E-state index in [0.717, 1.165) is 5.69 Å². The van der Waals surface area contributed by atoms with Crippen LogP contribution in [0.2, 0.25) is 0 Å². The molecule has 2 heterocycles. The lowest BCUT2D eigenvalue weighted by Crippen LogP contribution is -2.47. The summed E-state index contributed by atoms with van der Waals surface area (Å²) in [7, 11) is 0. The summed E-state index contributed by atoms with van der Waals surface area (Å²) < 4.78 is 0. The van der Waals surface area contributed by atoms with E-state index in [9.17, 15) is 9.59 Å². The van der Waals surface area contributed by atoms with Crippen molar-refractivity contribution in [3.8, 4) is 0 Å². The zero-order valence-corrected chi connectivity index (χ0v) is 13.3. The number of nitrogens with one attached hydrogen (secondary N) is 1. The van der Waals surface area contributed by atoms with E-state index >= 15 is 0 Å². The molecule has 1 fully saturated rings. The summed E-state index contributed by atoms with van der Waals surface area (Å²) in [5.74, 6) is -0.794. The second kappa shape index (κ2) is 6.43. The molecule has 1 aromatic rings. The largest absolute Gasteiger partial charge is 0.481 e. The molecule has 1 saturated heterocycles. The van der Waals surface area contributed by atoms with E-state index in [4.69, 9.17) is 5.11 Å². The fourth-order valence-corrected chi connectivity index (χ4v) is 3.33. The van der Waals surface area contributed by atoms with Crippen molar-refractivity contribution in [2.45, 2.75) is 45.6 Å². The molecule has 0 saturated carbocycles. The van der Waals surface area contributed by atoms with Gasteiger partial charge in [-0.1, -0.05) is 13.8 Å². The first-order valence-electron chi connectivity index (χ1n) is 7.14. The summed E-state index contributed by atoms with van der Waals surface area (Å²) in [6.07, 6.45) is 1.00. The number of likely N-dealkylation sites (tertiary alicyclic amines) is 1. The van der Waals surface area contributed by atoms with Crippen molar-refractivity contribution >= 4 is 28.5 Å². The van der Waals surface area contributed by atoms with Gasteiger partial charge in [0.1, 0.15) is 0 Å². The molecule has 2 atom stereocenters. The predicted molar refractivity (Wildman–Crippen MR) is 81.7 cm³/mol. The van der Waals surface area contributed by atoms with Crippen molar-refractivity contribution in [1.29, 1.82) is 0 Å².